The molecule has 0 atom stereocenters. The molecule has 0 spiro atoms. The lowest BCUT2D eigenvalue weighted by atomic mass is 9.98. The van der Waals surface area contributed by atoms with Crippen molar-refractivity contribution in [1.82, 2.24) is 34.6 Å². The second-order valence-corrected chi connectivity index (χ2v) is 17.5. The Morgan fingerprint density at radius 3 is 1.17 bits per heavy atom. The van der Waals surface area contributed by atoms with Gasteiger partial charge in [-0.3, -0.25) is 0 Å². The summed E-state index contributed by atoms with van der Waals surface area (Å²) in [4.78, 5) is 4.66. The van der Waals surface area contributed by atoms with Crippen molar-refractivity contribution in [2.24, 2.45) is 0 Å². The summed E-state index contributed by atoms with van der Waals surface area (Å²) >= 11 is 0. The summed E-state index contributed by atoms with van der Waals surface area (Å²) in [5.74, 6) is 0. The number of para-hydroxylation sites is 6. The molecule has 3 aromatic heterocycles. The van der Waals surface area contributed by atoms with Crippen LogP contribution < -0.4 is 9.80 Å². The fraction of sp³-hybridized carbons (Fsp3) is 0.0164. The Morgan fingerprint density at radius 1 is 0.329 bits per heavy atom. The molecule has 0 N–H and O–H groups in total. The largest absolute Gasteiger partial charge is 0.310 e. The van der Waals surface area contributed by atoms with Gasteiger partial charge >= 0.3 is 0 Å². The van der Waals surface area contributed by atoms with Gasteiger partial charge in [0.1, 0.15) is 11.0 Å². The van der Waals surface area contributed by atoms with Crippen molar-refractivity contribution in [3.63, 3.8) is 0 Å². The second-order valence-electron chi connectivity index (χ2n) is 17.5. The number of hydrogen-bond donors (Lipinski definition) is 0. The van der Waals surface area contributed by atoms with Gasteiger partial charge in [-0.15, -0.1) is 10.2 Å². The first kappa shape index (κ1) is 40.7. The summed E-state index contributed by atoms with van der Waals surface area (Å²) in [6.45, 7) is 2.19. The number of aryl methyl sites for hydroxylation is 1. The number of anilines is 6. The molecule has 10 aromatic carbocycles. The van der Waals surface area contributed by atoms with Gasteiger partial charge in [0.25, 0.3) is 0 Å². The van der Waals surface area contributed by atoms with E-state index in [1.807, 2.05) is 57.9 Å². The van der Waals surface area contributed by atoms with E-state index in [4.69, 9.17) is 0 Å². The summed E-state index contributed by atoms with van der Waals surface area (Å²) in [5, 5.41) is 20.6. The fourth-order valence-electron chi connectivity index (χ4n) is 9.98. The predicted molar refractivity (Wildman–Crippen MR) is 285 cm³/mol. The molecule has 13 aromatic rings. The van der Waals surface area contributed by atoms with Crippen LogP contribution in [0.3, 0.4) is 0 Å². The standard InChI is InChI=1S/C61H43N9/c1-42-36-48(30-33-53(42)43-37-51(69-60-28-16-14-26-56(60)62-64-69)39-52(38-43)70-61-29-17-15-27-57(61)63-65-70)68-58-34-31-49(66(44-18-6-2-7-19-44)45-20-8-3-9-21-45)40-54(58)55-41-50(32-35-59(55)68)67(46-22-10-4-11-23-46)47-24-12-5-13-25-47/h2-41H,1H3. The zero-order chi connectivity index (χ0) is 46.5. The molecule has 0 aliphatic carbocycles. The molecule has 70 heavy (non-hydrogen) atoms. The molecule has 0 bridgehead atoms. The fourth-order valence-corrected chi connectivity index (χ4v) is 9.98. The molecule has 0 aliphatic heterocycles. The van der Waals surface area contributed by atoms with Crippen LogP contribution in [-0.4, -0.2) is 34.6 Å². The van der Waals surface area contributed by atoms with E-state index < -0.39 is 0 Å². The normalized spacial score (nSPS) is 11.5. The molecule has 0 radical (unpaired) electrons. The SMILES string of the molecule is Cc1cc(-n2c3ccc(N(c4ccccc4)c4ccccc4)cc3c3cc(N(c4ccccc4)c4ccccc4)ccc32)ccc1-c1cc(-n2nnc3ccccc32)cc(-n2nnc3ccccc32)c1. The van der Waals surface area contributed by atoms with Gasteiger partial charge in [0.2, 0.25) is 0 Å². The Hall–Kier alpha value is -9.60. The van der Waals surface area contributed by atoms with Crippen molar-refractivity contribution in [3.8, 4) is 28.2 Å². The Kier molecular flexibility index (Phi) is 9.83. The van der Waals surface area contributed by atoms with E-state index in [1.165, 1.54) is 0 Å². The minimum atomic E-state index is 0.826. The van der Waals surface area contributed by atoms with Gasteiger partial charge in [0.15, 0.2) is 0 Å². The molecule has 0 saturated heterocycles. The van der Waals surface area contributed by atoms with Gasteiger partial charge < -0.3 is 14.4 Å². The quantitative estimate of drug-likeness (QED) is 0.136. The third kappa shape index (κ3) is 7.03. The highest BCUT2D eigenvalue weighted by molar-refractivity contribution is 6.12. The number of rotatable bonds is 10. The third-order valence-electron chi connectivity index (χ3n) is 13.2. The van der Waals surface area contributed by atoms with Gasteiger partial charge in [-0.05, 0) is 163 Å². The van der Waals surface area contributed by atoms with E-state index in [0.29, 0.717) is 0 Å². The van der Waals surface area contributed by atoms with Gasteiger partial charge in [0, 0.05) is 50.6 Å². The number of hydrogen-bond acceptors (Lipinski definition) is 6. The lowest BCUT2D eigenvalue weighted by molar-refractivity contribution is 0.807. The highest BCUT2D eigenvalue weighted by Crippen LogP contribution is 2.43. The monoisotopic (exact) mass is 901 g/mol. The van der Waals surface area contributed by atoms with Crippen molar-refractivity contribution in [2.75, 3.05) is 9.80 Å². The Labute approximate surface area is 404 Å². The molecule has 0 unspecified atom stereocenters. The lowest BCUT2D eigenvalue weighted by Gasteiger charge is -2.26. The first-order valence-electron chi connectivity index (χ1n) is 23.4. The molecule has 0 saturated carbocycles. The van der Waals surface area contributed by atoms with Crippen molar-refractivity contribution in [1.29, 1.82) is 0 Å². The van der Waals surface area contributed by atoms with Gasteiger partial charge in [-0.2, -0.15) is 0 Å². The number of aromatic nitrogens is 7. The van der Waals surface area contributed by atoms with E-state index >= 15 is 0 Å². The van der Waals surface area contributed by atoms with E-state index in [-0.39, 0.29) is 0 Å². The molecule has 332 valence electrons. The Bertz CT molecular complexity index is 3720. The minimum absolute atomic E-state index is 0.826. The summed E-state index contributed by atoms with van der Waals surface area (Å²) in [6, 6.07) is 85.5. The van der Waals surface area contributed by atoms with Crippen molar-refractivity contribution in [3.05, 3.63) is 248 Å². The maximum absolute atomic E-state index is 4.63. The Morgan fingerprint density at radius 2 is 0.743 bits per heavy atom. The van der Waals surface area contributed by atoms with Crippen molar-refractivity contribution < 1.29 is 0 Å². The summed E-state index contributed by atoms with van der Waals surface area (Å²) in [7, 11) is 0. The van der Waals surface area contributed by atoms with Crippen LogP contribution in [0.4, 0.5) is 34.1 Å². The summed E-state index contributed by atoms with van der Waals surface area (Å²) < 4.78 is 6.21. The number of nitrogens with zero attached hydrogens (tertiary/aromatic N) is 9. The molecule has 0 amide bonds. The van der Waals surface area contributed by atoms with Gasteiger partial charge in [-0.25, -0.2) is 9.36 Å². The zero-order valence-corrected chi connectivity index (χ0v) is 38.1. The van der Waals surface area contributed by atoms with E-state index in [0.717, 1.165) is 112 Å². The summed E-state index contributed by atoms with van der Waals surface area (Å²) in [5.41, 5.74) is 18.2. The van der Waals surface area contributed by atoms with E-state index in [1.54, 1.807) is 0 Å². The number of benzene rings is 10. The first-order valence-corrected chi connectivity index (χ1v) is 23.4. The van der Waals surface area contributed by atoms with Gasteiger partial charge in [-0.1, -0.05) is 114 Å². The van der Waals surface area contributed by atoms with Crippen LogP contribution in [0.1, 0.15) is 5.56 Å². The maximum atomic E-state index is 4.63. The molecule has 13 rings (SSSR count). The van der Waals surface area contributed by atoms with Crippen LogP contribution in [0.15, 0.2) is 243 Å². The van der Waals surface area contributed by atoms with E-state index in [2.05, 4.69) is 236 Å². The molecule has 3 heterocycles. The third-order valence-corrected chi connectivity index (χ3v) is 13.2. The van der Waals surface area contributed by atoms with Crippen LogP contribution in [0.25, 0.3) is 72.1 Å². The number of fused-ring (bicyclic) bond motifs is 5. The molecule has 9 heteroatoms. The average Bonchev–Trinajstić information content (AvgIpc) is 4.14. The van der Waals surface area contributed by atoms with Crippen LogP contribution in [0.2, 0.25) is 0 Å². The summed E-state index contributed by atoms with van der Waals surface area (Å²) in [6.07, 6.45) is 0. The minimum Gasteiger partial charge on any atom is -0.310 e. The molecule has 0 aliphatic rings. The van der Waals surface area contributed by atoms with Crippen LogP contribution >= 0.6 is 0 Å². The molecule has 0 fully saturated rings. The predicted octanol–water partition coefficient (Wildman–Crippen LogP) is 15.2. The van der Waals surface area contributed by atoms with Crippen molar-refractivity contribution >= 4 is 78.0 Å². The highest BCUT2D eigenvalue weighted by atomic mass is 15.4. The van der Waals surface area contributed by atoms with E-state index in [9.17, 15) is 0 Å². The molecular formula is C61H43N9. The molecule has 9 nitrogen and oxygen atoms in total. The van der Waals surface area contributed by atoms with Gasteiger partial charge in [0.05, 0.1) is 33.4 Å². The van der Waals surface area contributed by atoms with Crippen LogP contribution in [0.5, 0.6) is 0 Å². The maximum Gasteiger partial charge on any atom is 0.113 e. The highest BCUT2D eigenvalue weighted by Gasteiger charge is 2.21. The first-order chi connectivity index (χ1) is 34.6. The lowest BCUT2D eigenvalue weighted by Crippen LogP contribution is -2.09. The average molecular weight is 902 g/mol. The van der Waals surface area contributed by atoms with Crippen LogP contribution in [0, 0.1) is 6.92 Å². The smallest absolute Gasteiger partial charge is 0.113 e. The Balaban J connectivity index is 1.000. The second kappa shape index (κ2) is 16.9. The molecular weight excluding hydrogens is 859 g/mol. The zero-order valence-electron chi connectivity index (χ0n) is 38.1. The topological polar surface area (TPSA) is 72.8 Å². The van der Waals surface area contributed by atoms with Crippen molar-refractivity contribution in [2.45, 2.75) is 6.92 Å². The van der Waals surface area contributed by atoms with Crippen LogP contribution in [-0.2, 0) is 0 Å².